The van der Waals surface area contributed by atoms with Gasteiger partial charge in [-0.2, -0.15) is 0 Å². The van der Waals surface area contributed by atoms with Crippen LogP contribution in [0.25, 0.3) is 0 Å². The highest BCUT2D eigenvalue weighted by Gasteiger charge is 2.46. The number of anilines is 2. The van der Waals surface area contributed by atoms with E-state index in [1.165, 1.54) is 25.1 Å². The van der Waals surface area contributed by atoms with E-state index >= 15 is 0 Å². The lowest BCUT2D eigenvalue weighted by Gasteiger charge is -2.29. The largest absolute Gasteiger partial charge is 0.449 e. The van der Waals surface area contributed by atoms with Crippen molar-refractivity contribution in [3.8, 4) is 0 Å². The van der Waals surface area contributed by atoms with Crippen LogP contribution in [0.15, 0.2) is 77.8 Å². The molecule has 8 nitrogen and oxygen atoms in total. The van der Waals surface area contributed by atoms with Crippen LogP contribution in [0.2, 0.25) is 0 Å². The number of ether oxygens (including phenoxy) is 1. The van der Waals surface area contributed by atoms with Crippen molar-refractivity contribution in [1.82, 2.24) is 5.32 Å². The van der Waals surface area contributed by atoms with E-state index in [-0.39, 0.29) is 23.6 Å². The van der Waals surface area contributed by atoms with Gasteiger partial charge in [0.1, 0.15) is 5.82 Å². The number of carbonyl (C=O) groups excluding carboxylic acids is 3. The van der Waals surface area contributed by atoms with Crippen molar-refractivity contribution in [3.05, 3.63) is 95.3 Å². The Hall–Kier alpha value is -4.53. The quantitative estimate of drug-likeness (QED) is 0.539. The molecule has 0 bridgehead atoms. The number of hydrogen-bond acceptors (Lipinski definition) is 5. The lowest BCUT2D eigenvalue weighted by Crippen LogP contribution is -2.58. The summed E-state index contributed by atoms with van der Waals surface area (Å²) in [5, 5.41) is 5.25. The van der Waals surface area contributed by atoms with Crippen molar-refractivity contribution in [2.24, 2.45) is 4.99 Å². The van der Waals surface area contributed by atoms with E-state index in [0.29, 0.717) is 11.3 Å². The molecule has 1 aliphatic heterocycles. The van der Waals surface area contributed by atoms with Gasteiger partial charge < -0.3 is 15.4 Å². The van der Waals surface area contributed by atoms with Crippen LogP contribution in [-0.4, -0.2) is 36.0 Å². The van der Waals surface area contributed by atoms with E-state index in [0.717, 1.165) is 10.5 Å². The number of imide groups is 1. The monoisotopic (exact) mass is 488 g/mol. The SMILES string of the molecule is CCOC(=O)N1C(=O)C(C)(NC(=O)Nc2cccc(C)c2)N=C(c2ccccc2F)c2ccccc21. The first-order valence-corrected chi connectivity index (χ1v) is 11.3. The van der Waals surface area contributed by atoms with E-state index in [1.54, 1.807) is 55.5 Å². The van der Waals surface area contributed by atoms with E-state index < -0.39 is 29.5 Å². The van der Waals surface area contributed by atoms with Crippen molar-refractivity contribution in [3.63, 3.8) is 0 Å². The smallest absolute Gasteiger partial charge is 0.421 e. The van der Waals surface area contributed by atoms with E-state index in [9.17, 15) is 18.8 Å². The maximum Gasteiger partial charge on any atom is 0.421 e. The number of benzene rings is 3. The first-order valence-electron chi connectivity index (χ1n) is 11.3. The number of amides is 4. The van der Waals surface area contributed by atoms with Crippen LogP contribution in [0.4, 0.5) is 25.4 Å². The summed E-state index contributed by atoms with van der Waals surface area (Å²) >= 11 is 0. The van der Waals surface area contributed by atoms with Crippen LogP contribution in [0, 0.1) is 12.7 Å². The number of hydrogen-bond donors (Lipinski definition) is 2. The Bertz CT molecular complexity index is 1370. The predicted octanol–water partition coefficient (Wildman–Crippen LogP) is 5.01. The second kappa shape index (κ2) is 9.99. The van der Waals surface area contributed by atoms with Crippen LogP contribution in [0.1, 0.15) is 30.5 Å². The van der Waals surface area contributed by atoms with Crippen LogP contribution >= 0.6 is 0 Å². The summed E-state index contributed by atoms with van der Waals surface area (Å²) in [5.41, 5.74) is 0.130. The molecule has 1 aliphatic rings. The Morgan fingerprint density at radius 2 is 1.72 bits per heavy atom. The highest BCUT2D eigenvalue weighted by atomic mass is 19.1. The van der Waals surface area contributed by atoms with Gasteiger partial charge in [-0.05, 0) is 56.7 Å². The third-order valence-electron chi connectivity index (χ3n) is 5.57. The van der Waals surface area contributed by atoms with Gasteiger partial charge in [0.25, 0.3) is 5.91 Å². The molecule has 2 N–H and O–H groups in total. The van der Waals surface area contributed by atoms with Gasteiger partial charge in [-0.15, -0.1) is 0 Å². The van der Waals surface area contributed by atoms with Crippen molar-refractivity contribution in [2.45, 2.75) is 26.4 Å². The van der Waals surface area contributed by atoms with E-state index in [2.05, 4.69) is 15.6 Å². The topological polar surface area (TPSA) is 100 Å². The lowest BCUT2D eigenvalue weighted by atomic mass is 9.99. The fourth-order valence-corrected chi connectivity index (χ4v) is 3.94. The van der Waals surface area contributed by atoms with Gasteiger partial charge in [-0.1, -0.05) is 42.5 Å². The van der Waals surface area contributed by atoms with Crippen LogP contribution in [-0.2, 0) is 9.53 Å². The minimum Gasteiger partial charge on any atom is -0.449 e. The number of para-hydroxylation sites is 1. The summed E-state index contributed by atoms with van der Waals surface area (Å²) in [6.45, 7) is 4.85. The van der Waals surface area contributed by atoms with Crippen molar-refractivity contribution < 1.29 is 23.5 Å². The molecule has 1 heterocycles. The summed E-state index contributed by atoms with van der Waals surface area (Å²) in [7, 11) is 0. The minimum absolute atomic E-state index is 0.0177. The number of benzodiazepines with no additional fused rings is 1. The van der Waals surface area contributed by atoms with E-state index in [4.69, 9.17) is 4.74 Å². The summed E-state index contributed by atoms with van der Waals surface area (Å²) in [6, 6.07) is 18.8. The van der Waals surface area contributed by atoms with Gasteiger partial charge in [0.2, 0.25) is 5.66 Å². The zero-order chi connectivity index (χ0) is 25.9. The van der Waals surface area contributed by atoms with E-state index in [1.807, 2.05) is 13.0 Å². The molecule has 0 fully saturated rings. The molecule has 0 saturated heterocycles. The van der Waals surface area contributed by atoms with Crippen molar-refractivity contribution in [1.29, 1.82) is 0 Å². The van der Waals surface area contributed by atoms with Gasteiger partial charge in [0.15, 0.2) is 0 Å². The second-order valence-electron chi connectivity index (χ2n) is 8.32. The highest BCUT2D eigenvalue weighted by molar-refractivity contribution is 6.26. The molecule has 1 unspecified atom stereocenters. The van der Waals surface area contributed by atoms with Crippen molar-refractivity contribution >= 4 is 35.1 Å². The Morgan fingerprint density at radius 1 is 1.03 bits per heavy atom. The Balaban J connectivity index is 1.85. The predicted molar refractivity (Wildman–Crippen MR) is 135 cm³/mol. The summed E-state index contributed by atoms with van der Waals surface area (Å²) < 4.78 is 20.1. The standard InChI is InChI=1S/C27H25FN4O4/c1-4-36-26(35)32-22-15-8-6-13-20(22)23(19-12-5-7-14-21(19)28)30-27(3,24(32)33)31-25(34)29-18-11-9-10-17(2)16-18/h5-16H,4H2,1-3H3,(H2,29,31,34). The zero-order valence-corrected chi connectivity index (χ0v) is 20.0. The van der Waals surface area contributed by atoms with Gasteiger partial charge in [0, 0.05) is 16.8 Å². The Morgan fingerprint density at radius 3 is 2.42 bits per heavy atom. The molecule has 36 heavy (non-hydrogen) atoms. The molecule has 4 rings (SSSR count). The number of carbonyl (C=O) groups is 3. The number of fused-ring (bicyclic) bond motifs is 1. The lowest BCUT2D eigenvalue weighted by molar-refractivity contribution is -0.123. The molecule has 9 heteroatoms. The Kier molecular flexibility index (Phi) is 6.82. The summed E-state index contributed by atoms with van der Waals surface area (Å²) in [5.74, 6) is -1.44. The summed E-state index contributed by atoms with van der Waals surface area (Å²) in [6.07, 6.45) is -0.938. The maximum absolute atomic E-state index is 14.9. The molecule has 184 valence electrons. The van der Waals surface area contributed by atoms with Gasteiger partial charge in [-0.25, -0.2) is 23.9 Å². The molecular weight excluding hydrogens is 463 g/mol. The normalized spacial score (nSPS) is 16.9. The van der Waals surface area contributed by atoms with Gasteiger partial charge >= 0.3 is 12.1 Å². The second-order valence-corrected chi connectivity index (χ2v) is 8.32. The third-order valence-corrected chi connectivity index (χ3v) is 5.57. The molecule has 0 spiro atoms. The average molecular weight is 489 g/mol. The highest BCUT2D eigenvalue weighted by Crippen LogP contribution is 2.32. The zero-order valence-electron chi connectivity index (χ0n) is 20.0. The first-order chi connectivity index (χ1) is 17.2. The first kappa shape index (κ1) is 24.6. The number of nitrogens with one attached hydrogen (secondary N) is 2. The number of aryl methyl sites for hydroxylation is 1. The third kappa shape index (κ3) is 4.81. The fraction of sp³-hybridized carbons (Fsp3) is 0.185. The van der Waals surface area contributed by atoms with Crippen LogP contribution in [0.5, 0.6) is 0 Å². The minimum atomic E-state index is -1.99. The molecule has 0 saturated carbocycles. The molecule has 0 radical (unpaired) electrons. The Labute approximate surface area is 207 Å². The fourth-order valence-electron chi connectivity index (χ4n) is 3.94. The number of urea groups is 1. The molecule has 4 amide bonds. The van der Waals surface area contributed by atoms with Gasteiger partial charge in [-0.3, -0.25) is 4.79 Å². The number of nitrogens with zero attached hydrogens (tertiary/aromatic N) is 2. The number of rotatable bonds is 4. The number of halogens is 1. The summed E-state index contributed by atoms with van der Waals surface area (Å²) in [4.78, 5) is 45.2. The number of aliphatic imine (C=N–C) groups is 1. The molecule has 1 atom stereocenters. The molecule has 3 aromatic rings. The molecule has 0 aromatic heterocycles. The molecular formula is C27H25FN4O4. The van der Waals surface area contributed by atoms with Crippen LogP contribution in [0.3, 0.4) is 0 Å². The average Bonchev–Trinajstić information content (AvgIpc) is 2.92. The maximum atomic E-state index is 14.9. The van der Waals surface area contributed by atoms with Gasteiger partial charge in [0.05, 0.1) is 18.0 Å². The van der Waals surface area contributed by atoms with Crippen molar-refractivity contribution in [2.75, 3.05) is 16.8 Å². The molecule has 3 aromatic carbocycles. The van der Waals surface area contributed by atoms with Crippen LogP contribution < -0.4 is 15.5 Å². The molecule has 0 aliphatic carbocycles.